The van der Waals surface area contributed by atoms with Crippen molar-refractivity contribution in [3.05, 3.63) is 35.3 Å². The maximum Gasteiger partial charge on any atom is 0.228 e. The Kier molecular flexibility index (Phi) is 7.68. The van der Waals surface area contributed by atoms with E-state index in [1.54, 1.807) is 0 Å². The van der Waals surface area contributed by atoms with E-state index in [9.17, 15) is 9.59 Å². The highest BCUT2D eigenvalue weighted by atomic mass is 32.1. The maximum atomic E-state index is 12.7. The number of rotatable bonds is 8. The van der Waals surface area contributed by atoms with Gasteiger partial charge in [0.1, 0.15) is 6.10 Å². The molecule has 1 fully saturated rings. The van der Waals surface area contributed by atoms with Gasteiger partial charge in [-0.05, 0) is 19.1 Å². The lowest BCUT2D eigenvalue weighted by molar-refractivity contribution is -0.132. The molecule has 1 saturated heterocycles. The molecule has 0 radical (unpaired) electrons. The van der Waals surface area contributed by atoms with Crippen molar-refractivity contribution in [1.82, 2.24) is 9.88 Å². The minimum absolute atomic E-state index is 0.0511. The zero-order valence-electron chi connectivity index (χ0n) is 17.7. The molecule has 0 bridgehead atoms. The lowest BCUT2D eigenvalue weighted by atomic mass is 10.1. The van der Waals surface area contributed by atoms with Gasteiger partial charge in [-0.3, -0.25) is 9.59 Å². The van der Waals surface area contributed by atoms with E-state index in [1.165, 1.54) is 11.3 Å². The van der Waals surface area contributed by atoms with Gasteiger partial charge in [0, 0.05) is 37.2 Å². The van der Waals surface area contributed by atoms with Crippen molar-refractivity contribution < 1.29 is 19.1 Å². The molecule has 0 aliphatic carbocycles. The van der Waals surface area contributed by atoms with Gasteiger partial charge in [-0.25, -0.2) is 4.98 Å². The molecule has 1 aromatic carbocycles. The number of carbonyl (C=O) groups is 2. The number of aromatic nitrogens is 1. The molecule has 0 saturated carbocycles. The zero-order chi connectivity index (χ0) is 21.5. The van der Waals surface area contributed by atoms with E-state index in [2.05, 4.69) is 10.3 Å². The number of carbonyl (C=O) groups excluding carboxylic acids is 2. The number of anilines is 1. The Morgan fingerprint density at radius 3 is 2.60 bits per heavy atom. The largest absolute Gasteiger partial charge is 0.490 e. The van der Waals surface area contributed by atoms with E-state index in [-0.39, 0.29) is 30.3 Å². The molecule has 0 spiro atoms. The zero-order valence-corrected chi connectivity index (χ0v) is 18.5. The Balaban J connectivity index is 1.48. The summed E-state index contributed by atoms with van der Waals surface area (Å²) in [5.74, 6) is 1.37. The Labute approximate surface area is 181 Å². The summed E-state index contributed by atoms with van der Waals surface area (Å²) in [6, 6.07) is 7.68. The summed E-state index contributed by atoms with van der Waals surface area (Å²) in [5.41, 5.74) is 0.688. The average molecular weight is 432 g/mol. The number of hydrogen-bond donors (Lipinski definition) is 1. The summed E-state index contributed by atoms with van der Waals surface area (Å²) in [4.78, 5) is 30.7. The molecule has 2 aromatic rings. The molecule has 8 heteroatoms. The summed E-state index contributed by atoms with van der Waals surface area (Å²) in [6.45, 7) is 7.51. The normalized spacial score (nSPS) is 14.6. The third-order valence-electron chi connectivity index (χ3n) is 4.88. The van der Waals surface area contributed by atoms with Crippen LogP contribution in [0.2, 0.25) is 0 Å². The highest BCUT2D eigenvalue weighted by Gasteiger charge is 2.25. The standard InChI is InChI=1S/C22H29N3O4S/c1-4-28-18-7-5-6-8-19(18)29-17-9-11-25(12-10-17)20(26)13-16-14-30-22(23-16)24-21(27)15(2)3/h5-8,14-15,17H,4,9-13H2,1-3H3,(H,23,24,27). The van der Waals surface area contributed by atoms with Crippen LogP contribution < -0.4 is 14.8 Å². The molecule has 0 atom stereocenters. The lowest BCUT2D eigenvalue weighted by Gasteiger charge is -2.32. The topological polar surface area (TPSA) is 80.8 Å². The highest BCUT2D eigenvalue weighted by molar-refractivity contribution is 7.13. The third kappa shape index (κ3) is 5.95. The number of para-hydroxylation sites is 2. The predicted molar refractivity (Wildman–Crippen MR) is 117 cm³/mol. The molecule has 2 heterocycles. The third-order valence-corrected chi connectivity index (χ3v) is 5.68. The molecule has 1 N–H and O–H groups in total. The highest BCUT2D eigenvalue weighted by Crippen LogP contribution is 2.29. The second kappa shape index (κ2) is 10.4. The van der Waals surface area contributed by atoms with Gasteiger partial charge in [-0.1, -0.05) is 26.0 Å². The Bertz CT molecular complexity index is 860. The smallest absolute Gasteiger partial charge is 0.228 e. The van der Waals surface area contributed by atoms with Crippen LogP contribution in [0.5, 0.6) is 11.5 Å². The van der Waals surface area contributed by atoms with Crippen molar-refractivity contribution in [2.75, 3.05) is 25.0 Å². The van der Waals surface area contributed by atoms with E-state index in [1.807, 2.05) is 55.3 Å². The minimum Gasteiger partial charge on any atom is -0.490 e. The van der Waals surface area contributed by atoms with Crippen LogP contribution in [0, 0.1) is 5.92 Å². The fraction of sp³-hybridized carbons (Fsp3) is 0.500. The van der Waals surface area contributed by atoms with Crippen LogP contribution in [0.15, 0.2) is 29.6 Å². The lowest BCUT2D eigenvalue weighted by Crippen LogP contribution is -2.42. The molecule has 1 aliphatic rings. The van der Waals surface area contributed by atoms with E-state index >= 15 is 0 Å². The SMILES string of the molecule is CCOc1ccccc1OC1CCN(C(=O)Cc2csc(NC(=O)C(C)C)n2)CC1. The van der Waals surface area contributed by atoms with E-state index in [4.69, 9.17) is 9.47 Å². The van der Waals surface area contributed by atoms with Crippen molar-refractivity contribution in [2.24, 2.45) is 5.92 Å². The van der Waals surface area contributed by atoms with Gasteiger partial charge in [0.15, 0.2) is 16.6 Å². The van der Waals surface area contributed by atoms with Gasteiger partial charge in [-0.15, -0.1) is 11.3 Å². The van der Waals surface area contributed by atoms with Crippen molar-refractivity contribution in [2.45, 2.75) is 46.1 Å². The number of nitrogens with one attached hydrogen (secondary N) is 1. The van der Waals surface area contributed by atoms with E-state index in [0.717, 1.165) is 24.3 Å². The van der Waals surface area contributed by atoms with Gasteiger partial charge in [0.05, 0.1) is 18.7 Å². The first kappa shape index (κ1) is 22.1. The second-order valence-electron chi connectivity index (χ2n) is 7.54. The van der Waals surface area contributed by atoms with Crippen LogP contribution in [-0.4, -0.2) is 47.5 Å². The summed E-state index contributed by atoms with van der Waals surface area (Å²) < 4.78 is 11.8. The molecule has 3 rings (SSSR count). The Hall–Kier alpha value is -2.61. The Morgan fingerprint density at radius 1 is 1.23 bits per heavy atom. The van der Waals surface area contributed by atoms with Gasteiger partial charge in [0.25, 0.3) is 0 Å². The van der Waals surface area contributed by atoms with Gasteiger partial charge >= 0.3 is 0 Å². The van der Waals surface area contributed by atoms with Crippen LogP contribution in [-0.2, 0) is 16.0 Å². The summed E-state index contributed by atoms with van der Waals surface area (Å²) in [6.07, 6.45) is 1.86. The van der Waals surface area contributed by atoms with Crippen molar-refractivity contribution in [1.29, 1.82) is 0 Å². The van der Waals surface area contributed by atoms with Crippen molar-refractivity contribution in [3.63, 3.8) is 0 Å². The van der Waals surface area contributed by atoms with Gasteiger partial charge in [0.2, 0.25) is 11.8 Å². The first-order chi connectivity index (χ1) is 14.5. The van der Waals surface area contributed by atoms with Crippen LogP contribution in [0.1, 0.15) is 39.3 Å². The molecule has 162 valence electrons. The number of ether oxygens (including phenoxy) is 2. The number of thiazole rings is 1. The average Bonchev–Trinajstić information content (AvgIpc) is 3.16. The quantitative estimate of drug-likeness (QED) is 0.689. The fourth-order valence-corrected chi connectivity index (χ4v) is 3.90. The number of nitrogens with zero attached hydrogens (tertiary/aromatic N) is 2. The number of likely N-dealkylation sites (tertiary alicyclic amines) is 1. The molecular weight excluding hydrogens is 402 g/mol. The molecule has 30 heavy (non-hydrogen) atoms. The van der Waals surface area contributed by atoms with Gasteiger partial charge in [-0.2, -0.15) is 0 Å². The van der Waals surface area contributed by atoms with Crippen LogP contribution in [0.3, 0.4) is 0 Å². The van der Waals surface area contributed by atoms with Gasteiger partial charge < -0.3 is 19.7 Å². The number of hydrogen-bond acceptors (Lipinski definition) is 6. The summed E-state index contributed by atoms with van der Waals surface area (Å²) >= 11 is 1.35. The minimum atomic E-state index is -0.108. The van der Waals surface area contributed by atoms with Crippen LogP contribution in [0.4, 0.5) is 5.13 Å². The van der Waals surface area contributed by atoms with Crippen molar-refractivity contribution in [3.8, 4) is 11.5 Å². The number of benzene rings is 1. The van der Waals surface area contributed by atoms with Crippen LogP contribution in [0.25, 0.3) is 0 Å². The second-order valence-corrected chi connectivity index (χ2v) is 8.40. The van der Waals surface area contributed by atoms with Crippen LogP contribution >= 0.6 is 11.3 Å². The Morgan fingerprint density at radius 2 is 1.93 bits per heavy atom. The molecule has 1 aromatic heterocycles. The number of amides is 2. The maximum absolute atomic E-state index is 12.7. The van der Waals surface area contributed by atoms with E-state index < -0.39 is 0 Å². The molecule has 2 amide bonds. The van der Waals surface area contributed by atoms with E-state index in [0.29, 0.717) is 30.5 Å². The summed E-state index contributed by atoms with van der Waals surface area (Å²) in [5, 5.41) is 5.14. The fourth-order valence-electron chi connectivity index (χ4n) is 3.19. The van der Waals surface area contributed by atoms with Crippen molar-refractivity contribution >= 4 is 28.3 Å². The predicted octanol–water partition coefficient (Wildman–Crippen LogP) is 3.75. The first-order valence-corrected chi connectivity index (χ1v) is 11.3. The monoisotopic (exact) mass is 431 g/mol. The molecular formula is C22H29N3O4S. The molecule has 7 nitrogen and oxygen atoms in total. The first-order valence-electron chi connectivity index (χ1n) is 10.4. The molecule has 1 aliphatic heterocycles. The number of piperidine rings is 1. The molecule has 0 unspecified atom stereocenters. The summed E-state index contributed by atoms with van der Waals surface area (Å²) in [7, 11) is 0.